The van der Waals surface area contributed by atoms with Gasteiger partial charge in [-0.25, -0.2) is 9.59 Å². The van der Waals surface area contributed by atoms with Gasteiger partial charge in [0.05, 0.1) is 23.8 Å². The summed E-state index contributed by atoms with van der Waals surface area (Å²) >= 11 is 0. The molecule has 0 spiro atoms. The molecule has 0 aliphatic carbocycles. The molecule has 0 saturated heterocycles. The molecule has 0 atom stereocenters. The SMILES string of the molecule is COC(=O)c1cc(C(=O)ON2C(=O)c3ccccc3C2=O)n2c1CCCC2. The molecule has 0 bridgehead atoms. The van der Waals surface area contributed by atoms with E-state index in [0.29, 0.717) is 29.3 Å². The number of nitrogens with zero attached hydrogens (tertiary/aromatic N) is 2. The Kier molecular flexibility index (Phi) is 4.02. The number of hydrogen-bond acceptors (Lipinski definition) is 6. The molecule has 2 amide bonds. The van der Waals surface area contributed by atoms with E-state index in [9.17, 15) is 19.2 Å². The van der Waals surface area contributed by atoms with E-state index in [4.69, 9.17) is 9.57 Å². The molecule has 0 N–H and O–H groups in total. The Hall–Kier alpha value is -3.42. The van der Waals surface area contributed by atoms with Crippen molar-refractivity contribution in [1.82, 2.24) is 9.63 Å². The van der Waals surface area contributed by atoms with Crippen LogP contribution in [0, 0.1) is 0 Å². The minimum absolute atomic E-state index is 0.113. The van der Waals surface area contributed by atoms with Crippen molar-refractivity contribution in [2.24, 2.45) is 0 Å². The summed E-state index contributed by atoms with van der Waals surface area (Å²) in [5, 5.41) is 0.466. The zero-order chi connectivity index (χ0) is 19.1. The van der Waals surface area contributed by atoms with Crippen LogP contribution in [0.2, 0.25) is 0 Å². The molecule has 0 unspecified atom stereocenters. The minimum Gasteiger partial charge on any atom is -0.465 e. The molecule has 0 radical (unpaired) electrons. The van der Waals surface area contributed by atoms with Gasteiger partial charge in [0.25, 0.3) is 11.8 Å². The van der Waals surface area contributed by atoms with Crippen LogP contribution >= 0.6 is 0 Å². The Morgan fingerprint density at radius 1 is 1.00 bits per heavy atom. The van der Waals surface area contributed by atoms with Gasteiger partial charge in [-0.3, -0.25) is 9.59 Å². The summed E-state index contributed by atoms with van der Waals surface area (Å²) in [6.45, 7) is 0.541. The predicted molar refractivity (Wildman–Crippen MR) is 91.1 cm³/mol. The highest BCUT2D eigenvalue weighted by molar-refractivity contribution is 6.21. The number of esters is 1. The molecule has 3 heterocycles. The fraction of sp³-hybridized carbons (Fsp3) is 0.263. The van der Waals surface area contributed by atoms with Gasteiger partial charge >= 0.3 is 11.9 Å². The van der Waals surface area contributed by atoms with E-state index in [0.717, 1.165) is 12.8 Å². The zero-order valence-electron chi connectivity index (χ0n) is 14.6. The Morgan fingerprint density at radius 3 is 2.30 bits per heavy atom. The Morgan fingerprint density at radius 2 is 1.67 bits per heavy atom. The predicted octanol–water partition coefficient (Wildman–Crippen LogP) is 1.98. The quantitative estimate of drug-likeness (QED) is 0.607. The van der Waals surface area contributed by atoms with Gasteiger partial charge in [-0.2, -0.15) is 0 Å². The number of benzene rings is 1. The van der Waals surface area contributed by atoms with Gasteiger partial charge in [0.2, 0.25) is 0 Å². The number of imide groups is 1. The van der Waals surface area contributed by atoms with Crippen LogP contribution in [0.1, 0.15) is 60.1 Å². The summed E-state index contributed by atoms with van der Waals surface area (Å²) in [4.78, 5) is 54.6. The highest BCUT2D eigenvalue weighted by Gasteiger charge is 2.39. The monoisotopic (exact) mass is 368 g/mol. The lowest BCUT2D eigenvalue weighted by molar-refractivity contribution is -0.0591. The number of carbonyl (C=O) groups is 4. The topological polar surface area (TPSA) is 94.9 Å². The lowest BCUT2D eigenvalue weighted by Gasteiger charge is -2.19. The van der Waals surface area contributed by atoms with Crippen LogP contribution in [0.25, 0.3) is 0 Å². The number of amides is 2. The summed E-state index contributed by atoms with van der Waals surface area (Å²) in [5.41, 5.74) is 1.47. The maximum Gasteiger partial charge on any atom is 0.380 e. The number of fused-ring (bicyclic) bond motifs is 2. The molecule has 0 saturated carbocycles. The van der Waals surface area contributed by atoms with Crippen molar-refractivity contribution >= 4 is 23.8 Å². The normalized spacial score (nSPS) is 15.4. The highest BCUT2D eigenvalue weighted by Crippen LogP contribution is 2.27. The molecule has 1 aromatic heterocycles. The van der Waals surface area contributed by atoms with Crippen LogP contribution in [0.3, 0.4) is 0 Å². The van der Waals surface area contributed by atoms with Crippen molar-refractivity contribution in [2.45, 2.75) is 25.8 Å². The Balaban J connectivity index is 1.65. The van der Waals surface area contributed by atoms with Gasteiger partial charge in [0.15, 0.2) is 0 Å². The third-order valence-electron chi connectivity index (χ3n) is 4.80. The lowest BCUT2D eigenvalue weighted by atomic mass is 10.1. The summed E-state index contributed by atoms with van der Waals surface area (Å²) in [5.74, 6) is -2.80. The first-order valence-electron chi connectivity index (χ1n) is 8.53. The number of aromatic nitrogens is 1. The standard InChI is InChI=1S/C19H16N2O6/c1-26-18(24)13-10-15(20-9-5-4-8-14(13)20)19(25)27-21-16(22)11-6-2-3-7-12(11)17(21)23/h2-3,6-7,10H,4-5,8-9H2,1H3. The van der Waals surface area contributed by atoms with Gasteiger partial charge in [-0.15, -0.1) is 0 Å². The minimum atomic E-state index is -0.872. The molecule has 1 aromatic carbocycles. The first-order chi connectivity index (χ1) is 13.0. The third kappa shape index (κ3) is 2.61. The number of hydrogen-bond donors (Lipinski definition) is 0. The van der Waals surface area contributed by atoms with Crippen LogP contribution in [0.15, 0.2) is 30.3 Å². The van der Waals surface area contributed by atoms with E-state index < -0.39 is 23.8 Å². The largest absolute Gasteiger partial charge is 0.465 e. The second-order valence-corrected chi connectivity index (χ2v) is 6.32. The Bertz CT molecular complexity index is 955. The smallest absolute Gasteiger partial charge is 0.380 e. The van der Waals surface area contributed by atoms with Gasteiger partial charge in [-0.05, 0) is 37.5 Å². The molecule has 138 valence electrons. The maximum atomic E-state index is 12.7. The van der Waals surface area contributed by atoms with Crippen LogP contribution in [-0.2, 0) is 22.5 Å². The number of methoxy groups -OCH3 is 1. The first kappa shape index (κ1) is 17.0. The summed E-state index contributed by atoms with van der Waals surface area (Å²) in [6.07, 6.45) is 2.36. The number of rotatable bonds is 3. The lowest BCUT2D eigenvalue weighted by Crippen LogP contribution is -2.33. The highest BCUT2D eigenvalue weighted by atomic mass is 16.7. The van der Waals surface area contributed by atoms with Gasteiger partial charge < -0.3 is 14.1 Å². The van der Waals surface area contributed by atoms with E-state index in [-0.39, 0.29) is 16.8 Å². The fourth-order valence-corrected chi connectivity index (χ4v) is 3.51. The average Bonchev–Trinajstić information content (AvgIpc) is 3.20. The third-order valence-corrected chi connectivity index (χ3v) is 4.80. The van der Waals surface area contributed by atoms with Crippen molar-refractivity contribution in [3.63, 3.8) is 0 Å². The molecule has 0 fully saturated rings. The van der Waals surface area contributed by atoms with E-state index in [1.807, 2.05) is 0 Å². The molecule has 2 aromatic rings. The number of carbonyl (C=O) groups excluding carboxylic acids is 4. The number of ether oxygens (including phenoxy) is 1. The molecule has 2 aliphatic rings. The second-order valence-electron chi connectivity index (χ2n) is 6.32. The molecule has 8 nitrogen and oxygen atoms in total. The van der Waals surface area contributed by atoms with E-state index in [2.05, 4.69) is 0 Å². The number of hydroxylamine groups is 2. The summed E-state index contributed by atoms with van der Waals surface area (Å²) in [7, 11) is 1.27. The van der Waals surface area contributed by atoms with Crippen molar-refractivity contribution in [1.29, 1.82) is 0 Å². The zero-order valence-corrected chi connectivity index (χ0v) is 14.6. The van der Waals surface area contributed by atoms with Crippen LogP contribution < -0.4 is 0 Å². The Labute approximate surface area is 154 Å². The molecule has 27 heavy (non-hydrogen) atoms. The fourth-order valence-electron chi connectivity index (χ4n) is 3.51. The van der Waals surface area contributed by atoms with Gasteiger partial charge in [0.1, 0.15) is 5.69 Å². The average molecular weight is 368 g/mol. The van der Waals surface area contributed by atoms with Crippen LogP contribution in [-0.4, -0.2) is 40.5 Å². The van der Waals surface area contributed by atoms with Crippen LogP contribution in [0.4, 0.5) is 0 Å². The van der Waals surface area contributed by atoms with E-state index in [1.165, 1.54) is 25.3 Å². The van der Waals surface area contributed by atoms with Crippen molar-refractivity contribution < 1.29 is 28.8 Å². The van der Waals surface area contributed by atoms with Crippen LogP contribution in [0.5, 0.6) is 0 Å². The van der Waals surface area contributed by atoms with E-state index >= 15 is 0 Å². The van der Waals surface area contributed by atoms with Crippen molar-refractivity contribution in [3.05, 3.63) is 58.4 Å². The van der Waals surface area contributed by atoms with Gasteiger partial charge in [-0.1, -0.05) is 17.2 Å². The molecule has 8 heteroatoms. The van der Waals surface area contributed by atoms with E-state index in [1.54, 1.807) is 16.7 Å². The molecular weight excluding hydrogens is 352 g/mol. The second kappa shape index (κ2) is 6.39. The molecule has 4 rings (SSSR count). The van der Waals surface area contributed by atoms with Crippen molar-refractivity contribution in [3.8, 4) is 0 Å². The first-order valence-corrected chi connectivity index (χ1v) is 8.53. The summed E-state index contributed by atoms with van der Waals surface area (Å²) in [6, 6.07) is 7.64. The van der Waals surface area contributed by atoms with Gasteiger partial charge in [0, 0.05) is 12.2 Å². The molecule has 2 aliphatic heterocycles. The molecular formula is C19H16N2O6. The summed E-state index contributed by atoms with van der Waals surface area (Å²) < 4.78 is 6.47. The maximum absolute atomic E-state index is 12.7. The van der Waals surface area contributed by atoms with Crippen molar-refractivity contribution in [2.75, 3.05) is 7.11 Å².